The summed E-state index contributed by atoms with van der Waals surface area (Å²) in [4.78, 5) is 24.3. The third-order valence-corrected chi connectivity index (χ3v) is 3.87. The molecule has 122 valence electrons. The Balaban J connectivity index is 2.61. The molecule has 0 aromatic rings. The predicted octanol–water partition coefficient (Wildman–Crippen LogP) is 2.98. The minimum Gasteiger partial charge on any atom is -0.444 e. The zero-order valence-electron chi connectivity index (χ0n) is 14.0. The minimum atomic E-state index is -0.563. The molecule has 0 aromatic heterocycles. The van der Waals surface area contributed by atoms with Crippen LogP contribution in [0.3, 0.4) is 0 Å². The van der Waals surface area contributed by atoms with Gasteiger partial charge in [-0.25, -0.2) is 4.79 Å². The topological polar surface area (TPSA) is 67.4 Å². The van der Waals surface area contributed by atoms with Crippen molar-refractivity contribution in [2.24, 2.45) is 5.92 Å². The van der Waals surface area contributed by atoms with E-state index in [4.69, 9.17) is 4.74 Å². The van der Waals surface area contributed by atoms with Gasteiger partial charge >= 0.3 is 6.09 Å². The number of rotatable bonds is 5. The van der Waals surface area contributed by atoms with Gasteiger partial charge in [0.15, 0.2) is 0 Å². The number of amides is 2. The van der Waals surface area contributed by atoms with Crippen LogP contribution < -0.4 is 10.6 Å². The van der Waals surface area contributed by atoms with Gasteiger partial charge in [0.25, 0.3) is 0 Å². The highest BCUT2D eigenvalue weighted by Crippen LogP contribution is 2.18. The Morgan fingerprint density at radius 1 is 1.24 bits per heavy atom. The molecule has 0 aliphatic heterocycles. The largest absolute Gasteiger partial charge is 0.444 e. The van der Waals surface area contributed by atoms with E-state index in [1.807, 2.05) is 34.6 Å². The molecule has 0 bridgehead atoms. The fourth-order valence-electron chi connectivity index (χ4n) is 2.50. The summed E-state index contributed by atoms with van der Waals surface area (Å²) < 4.78 is 5.25. The molecule has 0 saturated heterocycles. The van der Waals surface area contributed by atoms with E-state index in [1.54, 1.807) is 0 Å². The zero-order valence-corrected chi connectivity index (χ0v) is 14.0. The molecular formula is C16H30N2O3. The highest BCUT2D eigenvalue weighted by molar-refractivity contribution is 5.86. The molecule has 1 aliphatic rings. The molecule has 1 saturated carbocycles. The van der Waals surface area contributed by atoms with E-state index in [0.29, 0.717) is 0 Å². The van der Waals surface area contributed by atoms with Gasteiger partial charge in [0, 0.05) is 6.04 Å². The molecule has 0 aromatic carbocycles. The third kappa shape index (κ3) is 6.36. The van der Waals surface area contributed by atoms with E-state index in [0.717, 1.165) is 19.3 Å². The first-order valence-electron chi connectivity index (χ1n) is 8.03. The van der Waals surface area contributed by atoms with Crippen LogP contribution in [-0.2, 0) is 9.53 Å². The molecule has 5 nitrogen and oxygen atoms in total. The van der Waals surface area contributed by atoms with Crippen molar-refractivity contribution >= 4 is 12.0 Å². The first-order chi connectivity index (χ1) is 9.73. The van der Waals surface area contributed by atoms with Gasteiger partial charge in [0.05, 0.1) is 0 Å². The van der Waals surface area contributed by atoms with Gasteiger partial charge in [0.1, 0.15) is 11.6 Å². The van der Waals surface area contributed by atoms with Crippen LogP contribution in [0.25, 0.3) is 0 Å². The van der Waals surface area contributed by atoms with Crippen molar-refractivity contribution in [2.75, 3.05) is 0 Å². The Morgan fingerprint density at radius 3 is 2.29 bits per heavy atom. The van der Waals surface area contributed by atoms with Crippen LogP contribution >= 0.6 is 0 Å². The Morgan fingerprint density at radius 2 is 1.81 bits per heavy atom. The molecule has 2 amide bonds. The average Bonchev–Trinajstić information content (AvgIpc) is 2.85. The van der Waals surface area contributed by atoms with Crippen LogP contribution in [0.4, 0.5) is 4.79 Å². The fourth-order valence-corrected chi connectivity index (χ4v) is 2.50. The maximum absolute atomic E-state index is 12.4. The van der Waals surface area contributed by atoms with Gasteiger partial charge in [-0.1, -0.05) is 33.1 Å². The molecule has 0 spiro atoms. The van der Waals surface area contributed by atoms with Crippen molar-refractivity contribution in [1.82, 2.24) is 10.6 Å². The molecule has 0 radical (unpaired) electrons. The van der Waals surface area contributed by atoms with Gasteiger partial charge < -0.3 is 15.4 Å². The van der Waals surface area contributed by atoms with Gasteiger partial charge in [0.2, 0.25) is 5.91 Å². The Labute approximate surface area is 128 Å². The lowest BCUT2D eigenvalue weighted by Gasteiger charge is -2.27. The number of hydrogen-bond acceptors (Lipinski definition) is 3. The predicted molar refractivity (Wildman–Crippen MR) is 83.0 cm³/mol. The molecule has 1 fully saturated rings. The summed E-state index contributed by atoms with van der Waals surface area (Å²) in [6, 6.07) is -0.282. The number of carbonyl (C=O) groups excluding carboxylic acids is 2. The maximum atomic E-state index is 12.4. The van der Waals surface area contributed by atoms with Crippen molar-refractivity contribution < 1.29 is 14.3 Å². The molecule has 5 heteroatoms. The first kappa shape index (κ1) is 17.8. The SMILES string of the molecule is CC[C@H](C)[C@@H](NC(=O)OC(C)(C)C)C(=O)NC1CCCC1. The van der Waals surface area contributed by atoms with E-state index < -0.39 is 17.7 Å². The Kier molecular flexibility index (Phi) is 6.49. The van der Waals surface area contributed by atoms with Crippen LogP contribution in [0.1, 0.15) is 66.7 Å². The number of nitrogens with one attached hydrogen (secondary N) is 2. The number of ether oxygens (including phenoxy) is 1. The van der Waals surface area contributed by atoms with Gasteiger partial charge in [-0.2, -0.15) is 0 Å². The smallest absolute Gasteiger partial charge is 0.408 e. The number of hydrogen-bond donors (Lipinski definition) is 2. The standard InChI is InChI=1S/C16H30N2O3/c1-6-11(2)13(18-15(20)21-16(3,4)5)14(19)17-12-9-7-8-10-12/h11-13H,6-10H2,1-5H3,(H,17,19)(H,18,20)/t11-,13+/m0/s1. The fraction of sp³-hybridized carbons (Fsp3) is 0.875. The van der Waals surface area contributed by atoms with E-state index >= 15 is 0 Å². The molecule has 2 N–H and O–H groups in total. The molecule has 21 heavy (non-hydrogen) atoms. The van der Waals surface area contributed by atoms with Gasteiger partial charge in [-0.15, -0.1) is 0 Å². The number of carbonyl (C=O) groups is 2. The first-order valence-corrected chi connectivity index (χ1v) is 8.03. The van der Waals surface area contributed by atoms with Crippen LogP contribution in [0.2, 0.25) is 0 Å². The summed E-state index contributed by atoms with van der Waals surface area (Å²) in [6.45, 7) is 9.41. The summed E-state index contributed by atoms with van der Waals surface area (Å²) >= 11 is 0. The van der Waals surface area contributed by atoms with Gasteiger partial charge in [-0.3, -0.25) is 4.79 Å². The third-order valence-electron chi connectivity index (χ3n) is 3.87. The van der Waals surface area contributed by atoms with E-state index in [2.05, 4.69) is 10.6 Å². The monoisotopic (exact) mass is 298 g/mol. The van der Waals surface area contributed by atoms with Crippen LogP contribution in [-0.4, -0.2) is 29.7 Å². The minimum absolute atomic E-state index is 0.0684. The quantitative estimate of drug-likeness (QED) is 0.820. The summed E-state index contributed by atoms with van der Waals surface area (Å²) in [6.07, 6.45) is 4.68. The second-order valence-electron chi connectivity index (χ2n) is 7.00. The maximum Gasteiger partial charge on any atom is 0.408 e. The second kappa shape index (κ2) is 7.66. The lowest BCUT2D eigenvalue weighted by Crippen LogP contribution is -2.53. The zero-order chi connectivity index (χ0) is 16.0. The second-order valence-corrected chi connectivity index (χ2v) is 7.00. The Hall–Kier alpha value is -1.26. The lowest BCUT2D eigenvalue weighted by atomic mass is 9.98. The van der Waals surface area contributed by atoms with E-state index in [1.165, 1.54) is 12.8 Å². The lowest BCUT2D eigenvalue weighted by molar-refractivity contribution is -0.125. The summed E-state index contributed by atoms with van der Waals surface area (Å²) in [5.74, 6) is -0.0268. The summed E-state index contributed by atoms with van der Waals surface area (Å²) in [5, 5.41) is 5.78. The normalized spacial score (nSPS) is 18.9. The molecule has 2 atom stereocenters. The highest BCUT2D eigenvalue weighted by Gasteiger charge is 2.30. The Bertz CT molecular complexity index is 357. The molecule has 1 aliphatic carbocycles. The van der Waals surface area contributed by atoms with E-state index in [-0.39, 0.29) is 17.9 Å². The van der Waals surface area contributed by atoms with Crippen molar-refractivity contribution in [1.29, 1.82) is 0 Å². The van der Waals surface area contributed by atoms with Gasteiger partial charge in [-0.05, 0) is 39.5 Å². The van der Waals surface area contributed by atoms with Crippen molar-refractivity contribution in [3.8, 4) is 0 Å². The van der Waals surface area contributed by atoms with E-state index in [9.17, 15) is 9.59 Å². The summed E-state index contributed by atoms with van der Waals surface area (Å²) in [7, 11) is 0. The summed E-state index contributed by atoms with van der Waals surface area (Å²) in [5.41, 5.74) is -0.563. The average molecular weight is 298 g/mol. The molecule has 0 unspecified atom stereocenters. The van der Waals surface area contributed by atoms with Crippen molar-refractivity contribution in [2.45, 2.75) is 84.4 Å². The molecule has 0 heterocycles. The number of alkyl carbamates (subject to hydrolysis) is 1. The van der Waals surface area contributed by atoms with Crippen molar-refractivity contribution in [3.63, 3.8) is 0 Å². The molecule has 1 rings (SSSR count). The van der Waals surface area contributed by atoms with Crippen molar-refractivity contribution in [3.05, 3.63) is 0 Å². The molecular weight excluding hydrogens is 268 g/mol. The van der Waals surface area contributed by atoms with Crippen LogP contribution in [0, 0.1) is 5.92 Å². The van der Waals surface area contributed by atoms with Crippen LogP contribution in [0.5, 0.6) is 0 Å². The highest BCUT2D eigenvalue weighted by atomic mass is 16.6. The van der Waals surface area contributed by atoms with Crippen LogP contribution in [0.15, 0.2) is 0 Å².